The summed E-state index contributed by atoms with van der Waals surface area (Å²) < 4.78 is 4.92. The summed E-state index contributed by atoms with van der Waals surface area (Å²) in [6, 6.07) is 0.174. The summed E-state index contributed by atoms with van der Waals surface area (Å²) >= 11 is 0. The summed E-state index contributed by atoms with van der Waals surface area (Å²) in [5.41, 5.74) is 0.310. The summed E-state index contributed by atoms with van der Waals surface area (Å²) in [6.07, 6.45) is -0.700. The van der Waals surface area contributed by atoms with Gasteiger partial charge in [0.25, 0.3) is 6.02 Å². The molecule has 0 aromatic rings. The van der Waals surface area contributed by atoms with Gasteiger partial charge in [-0.05, 0) is 13.8 Å². The van der Waals surface area contributed by atoms with Crippen molar-refractivity contribution in [3.05, 3.63) is 12.2 Å². The second kappa shape index (κ2) is 4.23. The summed E-state index contributed by atoms with van der Waals surface area (Å²) in [4.78, 5) is 16.6. The van der Waals surface area contributed by atoms with Gasteiger partial charge in [-0.3, -0.25) is 4.90 Å². The van der Waals surface area contributed by atoms with Gasteiger partial charge in [0.05, 0.1) is 6.54 Å². The molecule has 0 bridgehead atoms. The molecule has 1 atom stereocenters. The van der Waals surface area contributed by atoms with Crippen molar-refractivity contribution in [2.45, 2.75) is 20.1 Å². The normalized spacial score (nSPS) is 17.6. The lowest BCUT2D eigenvalue weighted by Gasteiger charge is -2.21. The minimum Gasteiger partial charge on any atom is -0.389 e. The van der Waals surface area contributed by atoms with E-state index in [0.717, 1.165) is 0 Å². The van der Waals surface area contributed by atoms with E-state index in [1.54, 1.807) is 13.8 Å². The SMILES string of the molecule is C=C(C)C(=O)OC1=NCCN1C(C)O. The summed E-state index contributed by atoms with van der Waals surface area (Å²) in [5, 5.41) is 9.31. The molecule has 1 aliphatic rings. The van der Waals surface area contributed by atoms with E-state index in [-0.39, 0.29) is 6.02 Å². The highest BCUT2D eigenvalue weighted by Gasteiger charge is 2.24. The number of amidine groups is 1. The molecule has 78 valence electrons. The summed E-state index contributed by atoms with van der Waals surface area (Å²) in [5.74, 6) is -0.517. The van der Waals surface area contributed by atoms with Crippen molar-refractivity contribution in [3.8, 4) is 0 Å². The highest BCUT2D eigenvalue weighted by molar-refractivity contribution is 5.96. The molecular formula is C9H14N2O3. The van der Waals surface area contributed by atoms with Crippen molar-refractivity contribution < 1.29 is 14.6 Å². The largest absolute Gasteiger partial charge is 0.389 e. The molecule has 0 aromatic carbocycles. The lowest BCUT2D eigenvalue weighted by Crippen LogP contribution is -2.38. The van der Waals surface area contributed by atoms with Crippen LogP contribution in [-0.2, 0) is 9.53 Å². The predicted octanol–water partition coefficient (Wildman–Crippen LogP) is 0.116. The fourth-order valence-electron chi connectivity index (χ4n) is 1.05. The molecule has 5 heteroatoms. The molecule has 0 aliphatic carbocycles. The van der Waals surface area contributed by atoms with Crippen molar-refractivity contribution in [2.24, 2.45) is 4.99 Å². The van der Waals surface area contributed by atoms with Crippen LogP contribution < -0.4 is 0 Å². The zero-order valence-electron chi connectivity index (χ0n) is 8.36. The predicted molar refractivity (Wildman–Crippen MR) is 51.6 cm³/mol. The van der Waals surface area contributed by atoms with E-state index in [1.165, 1.54) is 4.90 Å². The van der Waals surface area contributed by atoms with Gasteiger partial charge in [0.2, 0.25) is 0 Å². The summed E-state index contributed by atoms with van der Waals surface area (Å²) in [6.45, 7) is 7.71. The molecule has 1 N–H and O–H groups in total. The Bertz CT molecular complexity index is 284. The second-order valence-corrected chi connectivity index (χ2v) is 3.16. The van der Waals surface area contributed by atoms with Crippen molar-refractivity contribution >= 4 is 12.0 Å². The number of esters is 1. The van der Waals surface area contributed by atoms with Crippen LogP contribution in [0, 0.1) is 0 Å². The van der Waals surface area contributed by atoms with Gasteiger partial charge in [0.15, 0.2) is 0 Å². The molecule has 14 heavy (non-hydrogen) atoms. The van der Waals surface area contributed by atoms with Gasteiger partial charge >= 0.3 is 5.97 Å². The number of hydrogen-bond acceptors (Lipinski definition) is 5. The van der Waals surface area contributed by atoms with E-state index in [0.29, 0.717) is 18.7 Å². The second-order valence-electron chi connectivity index (χ2n) is 3.16. The fraction of sp³-hybridized carbons (Fsp3) is 0.556. The Morgan fingerprint density at radius 3 is 2.93 bits per heavy atom. The molecule has 1 rings (SSSR count). The average molecular weight is 198 g/mol. The van der Waals surface area contributed by atoms with Crippen LogP contribution in [0.15, 0.2) is 17.1 Å². The van der Waals surface area contributed by atoms with Gasteiger partial charge < -0.3 is 9.84 Å². The zero-order chi connectivity index (χ0) is 10.7. The van der Waals surface area contributed by atoms with Crippen LogP contribution >= 0.6 is 0 Å². The standard InChI is InChI=1S/C9H14N2O3/c1-6(2)8(13)14-9-10-4-5-11(9)7(3)12/h7,12H,1,4-5H2,2-3H3. The number of hydrogen-bond donors (Lipinski definition) is 1. The Hall–Kier alpha value is -1.36. The van der Waals surface area contributed by atoms with Gasteiger partial charge in [-0.2, -0.15) is 0 Å². The lowest BCUT2D eigenvalue weighted by atomic mass is 10.4. The maximum Gasteiger partial charge on any atom is 0.340 e. The Labute approximate surface area is 82.7 Å². The smallest absolute Gasteiger partial charge is 0.340 e. The summed E-state index contributed by atoms with van der Waals surface area (Å²) in [7, 11) is 0. The number of aliphatic hydroxyl groups excluding tert-OH is 1. The molecule has 0 fully saturated rings. The van der Waals surface area contributed by atoms with Gasteiger partial charge in [-0.25, -0.2) is 9.79 Å². The number of ether oxygens (including phenoxy) is 1. The number of aliphatic imine (C=N–C) groups is 1. The Kier molecular flexibility index (Phi) is 3.24. The third-order valence-electron chi connectivity index (χ3n) is 1.82. The molecule has 0 saturated carbocycles. The Morgan fingerprint density at radius 2 is 2.43 bits per heavy atom. The lowest BCUT2D eigenvalue weighted by molar-refractivity contribution is -0.132. The third kappa shape index (κ3) is 2.32. The quantitative estimate of drug-likeness (QED) is 0.505. The molecule has 0 amide bonds. The highest BCUT2D eigenvalue weighted by atomic mass is 16.6. The first-order valence-electron chi connectivity index (χ1n) is 4.39. The molecule has 0 saturated heterocycles. The van der Waals surface area contributed by atoms with E-state index in [4.69, 9.17) is 4.74 Å². The Balaban J connectivity index is 2.60. The number of aliphatic hydroxyl groups is 1. The molecule has 5 nitrogen and oxygen atoms in total. The molecule has 0 spiro atoms. The zero-order valence-corrected chi connectivity index (χ0v) is 8.36. The number of carbonyl (C=O) groups excluding carboxylic acids is 1. The van der Waals surface area contributed by atoms with Crippen molar-refractivity contribution in [1.29, 1.82) is 0 Å². The van der Waals surface area contributed by atoms with Crippen LogP contribution in [0.2, 0.25) is 0 Å². The molecule has 1 unspecified atom stereocenters. The van der Waals surface area contributed by atoms with Crippen LogP contribution in [0.5, 0.6) is 0 Å². The molecule has 1 heterocycles. The van der Waals surface area contributed by atoms with E-state index >= 15 is 0 Å². The maximum atomic E-state index is 11.2. The van der Waals surface area contributed by atoms with E-state index in [9.17, 15) is 9.90 Å². The van der Waals surface area contributed by atoms with Crippen LogP contribution in [0.3, 0.4) is 0 Å². The molecular weight excluding hydrogens is 184 g/mol. The van der Waals surface area contributed by atoms with Crippen LogP contribution in [0.1, 0.15) is 13.8 Å². The number of carbonyl (C=O) groups is 1. The van der Waals surface area contributed by atoms with Crippen molar-refractivity contribution in [3.63, 3.8) is 0 Å². The first-order valence-corrected chi connectivity index (χ1v) is 4.39. The molecule has 0 aromatic heterocycles. The van der Waals surface area contributed by atoms with Crippen LogP contribution in [0.25, 0.3) is 0 Å². The molecule has 0 radical (unpaired) electrons. The van der Waals surface area contributed by atoms with Gasteiger partial charge in [0.1, 0.15) is 6.23 Å². The van der Waals surface area contributed by atoms with E-state index in [2.05, 4.69) is 11.6 Å². The topological polar surface area (TPSA) is 62.1 Å². The average Bonchev–Trinajstić information content (AvgIpc) is 2.52. The van der Waals surface area contributed by atoms with Gasteiger partial charge in [0, 0.05) is 12.1 Å². The fourth-order valence-corrected chi connectivity index (χ4v) is 1.05. The highest BCUT2D eigenvalue weighted by Crippen LogP contribution is 2.08. The first-order chi connectivity index (χ1) is 6.52. The van der Waals surface area contributed by atoms with Gasteiger partial charge in [-0.15, -0.1) is 0 Å². The maximum absolute atomic E-state index is 11.2. The number of rotatable bonds is 2. The minimum atomic E-state index is -0.700. The van der Waals surface area contributed by atoms with E-state index < -0.39 is 12.2 Å². The van der Waals surface area contributed by atoms with Crippen LogP contribution in [-0.4, -0.2) is 41.3 Å². The third-order valence-corrected chi connectivity index (χ3v) is 1.82. The van der Waals surface area contributed by atoms with Crippen molar-refractivity contribution in [2.75, 3.05) is 13.1 Å². The monoisotopic (exact) mass is 198 g/mol. The number of nitrogens with zero attached hydrogens (tertiary/aromatic N) is 2. The first kappa shape index (κ1) is 10.7. The molecule has 1 aliphatic heterocycles. The van der Waals surface area contributed by atoms with Crippen molar-refractivity contribution in [1.82, 2.24) is 4.90 Å². The van der Waals surface area contributed by atoms with Gasteiger partial charge in [-0.1, -0.05) is 6.58 Å². The minimum absolute atomic E-state index is 0.174. The van der Waals surface area contributed by atoms with Crippen LogP contribution in [0.4, 0.5) is 0 Å². The van der Waals surface area contributed by atoms with E-state index in [1.807, 2.05) is 0 Å². The Morgan fingerprint density at radius 1 is 1.79 bits per heavy atom.